The van der Waals surface area contributed by atoms with Gasteiger partial charge in [-0.05, 0) is 50.2 Å². The van der Waals surface area contributed by atoms with E-state index in [2.05, 4.69) is 16.0 Å². The number of ether oxygens (including phenoxy) is 2. The van der Waals surface area contributed by atoms with Gasteiger partial charge in [0.15, 0.2) is 18.1 Å². The Morgan fingerprint density at radius 3 is 2.47 bits per heavy atom. The summed E-state index contributed by atoms with van der Waals surface area (Å²) in [5.74, 6) is 0.309. The van der Waals surface area contributed by atoms with E-state index in [0.717, 1.165) is 17.8 Å². The van der Waals surface area contributed by atoms with Crippen molar-refractivity contribution in [2.75, 3.05) is 25.6 Å². The van der Waals surface area contributed by atoms with E-state index < -0.39 is 0 Å². The summed E-state index contributed by atoms with van der Waals surface area (Å²) in [6, 6.07) is 12.6. The van der Waals surface area contributed by atoms with Gasteiger partial charge >= 0.3 is 0 Å². The number of carbonyl (C=O) groups excluding carboxylic acids is 2. The smallest absolute Gasteiger partial charge is 0.258 e. The molecule has 0 radical (unpaired) electrons. The highest BCUT2D eigenvalue weighted by molar-refractivity contribution is 6.05. The van der Waals surface area contributed by atoms with Crippen LogP contribution in [0.25, 0.3) is 0 Å². The van der Waals surface area contributed by atoms with Gasteiger partial charge in [0.25, 0.3) is 11.8 Å². The van der Waals surface area contributed by atoms with Crippen molar-refractivity contribution < 1.29 is 19.1 Å². The van der Waals surface area contributed by atoms with Crippen molar-refractivity contribution in [3.63, 3.8) is 0 Å². The number of rotatable bonds is 10. The molecule has 0 saturated heterocycles. The molecule has 2 aromatic carbocycles. The van der Waals surface area contributed by atoms with Gasteiger partial charge in [0.2, 0.25) is 0 Å². The van der Waals surface area contributed by atoms with Gasteiger partial charge in [-0.25, -0.2) is 0 Å². The summed E-state index contributed by atoms with van der Waals surface area (Å²) in [5.41, 5.74) is 2.19. The lowest BCUT2D eigenvalue weighted by Gasteiger charge is -2.14. The maximum atomic E-state index is 12.7. The van der Waals surface area contributed by atoms with Crippen LogP contribution in [0, 0.1) is 0 Å². The Morgan fingerprint density at radius 1 is 1.07 bits per heavy atom. The van der Waals surface area contributed by atoms with Crippen molar-refractivity contribution in [3.8, 4) is 11.5 Å². The highest BCUT2D eigenvalue weighted by Gasteiger charge is 2.14. The fraction of sp³-hybridized carbons (Fsp3) is 0.364. The number of amides is 2. The SMILES string of the molecule is CCNCc1ccccc1NC(=O)c1ccc(OCC(=O)NC(C)C)c(OC)c1.Cl. The molecule has 0 atom stereocenters. The van der Waals surface area contributed by atoms with Gasteiger partial charge in [-0.3, -0.25) is 9.59 Å². The van der Waals surface area contributed by atoms with Crippen molar-refractivity contribution in [1.29, 1.82) is 0 Å². The zero-order valence-electron chi connectivity index (χ0n) is 17.8. The topological polar surface area (TPSA) is 88.7 Å². The zero-order valence-corrected chi connectivity index (χ0v) is 18.6. The number of hydrogen-bond donors (Lipinski definition) is 3. The predicted molar refractivity (Wildman–Crippen MR) is 121 cm³/mol. The van der Waals surface area contributed by atoms with Crippen molar-refractivity contribution in [2.45, 2.75) is 33.4 Å². The van der Waals surface area contributed by atoms with Gasteiger partial charge in [-0.1, -0.05) is 25.1 Å². The van der Waals surface area contributed by atoms with Gasteiger partial charge in [0.05, 0.1) is 7.11 Å². The number of nitrogens with one attached hydrogen (secondary N) is 3. The molecular weight excluding hydrogens is 406 g/mol. The number of methoxy groups -OCH3 is 1. The van der Waals surface area contributed by atoms with Crippen LogP contribution in [0.1, 0.15) is 36.7 Å². The molecular formula is C22H30ClN3O4. The first-order valence-corrected chi connectivity index (χ1v) is 9.64. The lowest BCUT2D eigenvalue weighted by molar-refractivity contribution is -0.123. The van der Waals surface area contributed by atoms with Crippen LogP contribution in [0.2, 0.25) is 0 Å². The van der Waals surface area contributed by atoms with Crippen molar-refractivity contribution in [1.82, 2.24) is 10.6 Å². The number of para-hydroxylation sites is 1. The molecule has 0 aliphatic rings. The van der Waals surface area contributed by atoms with Crippen LogP contribution in [0.15, 0.2) is 42.5 Å². The zero-order chi connectivity index (χ0) is 21.2. The second-order valence-electron chi connectivity index (χ2n) is 6.77. The number of hydrogen-bond acceptors (Lipinski definition) is 5. The third-order valence-corrected chi connectivity index (χ3v) is 4.07. The summed E-state index contributed by atoms with van der Waals surface area (Å²) in [4.78, 5) is 24.5. The van der Waals surface area contributed by atoms with Crippen LogP contribution in [-0.4, -0.2) is 38.1 Å². The summed E-state index contributed by atoms with van der Waals surface area (Å²) in [7, 11) is 1.49. The molecule has 2 amide bonds. The molecule has 30 heavy (non-hydrogen) atoms. The van der Waals surface area contributed by atoms with E-state index in [-0.39, 0.29) is 36.9 Å². The molecule has 164 valence electrons. The van der Waals surface area contributed by atoms with Crippen LogP contribution in [-0.2, 0) is 11.3 Å². The average molecular weight is 436 g/mol. The third-order valence-electron chi connectivity index (χ3n) is 4.07. The Labute approximate surface area is 183 Å². The van der Waals surface area contributed by atoms with E-state index in [1.54, 1.807) is 18.2 Å². The van der Waals surface area contributed by atoms with E-state index in [1.807, 2.05) is 45.0 Å². The lowest BCUT2D eigenvalue weighted by Crippen LogP contribution is -2.34. The Balaban J connectivity index is 0.00000450. The molecule has 7 nitrogen and oxygen atoms in total. The highest BCUT2D eigenvalue weighted by Crippen LogP contribution is 2.28. The normalized spacial score (nSPS) is 10.2. The van der Waals surface area contributed by atoms with E-state index in [4.69, 9.17) is 9.47 Å². The minimum atomic E-state index is -0.253. The molecule has 3 N–H and O–H groups in total. The van der Waals surface area contributed by atoms with Gasteiger partial charge in [-0.2, -0.15) is 0 Å². The highest BCUT2D eigenvalue weighted by atomic mass is 35.5. The first kappa shape index (κ1) is 25.3. The number of benzene rings is 2. The Morgan fingerprint density at radius 2 is 1.80 bits per heavy atom. The van der Waals surface area contributed by atoms with Crippen molar-refractivity contribution in [2.24, 2.45) is 0 Å². The summed E-state index contributed by atoms with van der Waals surface area (Å²) in [6.07, 6.45) is 0. The number of carbonyl (C=O) groups is 2. The van der Waals surface area contributed by atoms with Crippen LogP contribution >= 0.6 is 12.4 Å². The first-order valence-electron chi connectivity index (χ1n) is 9.64. The minimum absolute atomic E-state index is 0. The maximum Gasteiger partial charge on any atom is 0.258 e. The van der Waals surface area contributed by atoms with Crippen molar-refractivity contribution >= 4 is 29.9 Å². The average Bonchev–Trinajstić information content (AvgIpc) is 2.70. The molecule has 0 aliphatic carbocycles. The van der Waals surface area contributed by atoms with Gasteiger partial charge in [0, 0.05) is 23.8 Å². The Hall–Kier alpha value is -2.77. The molecule has 0 bridgehead atoms. The summed E-state index contributed by atoms with van der Waals surface area (Å²) in [5, 5.41) is 8.95. The predicted octanol–water partition coefficient (Wildman–Crippen LogP) is 3.38. The van der Waals surface area contributed by atoms with Crippen molar-refractivity contribution in [3.05, 3.63) is 53.6 Å². The quantitative estimate of drug-likeness (QED) is 0.532. The Bertz CT molecular complexity index is 843. The van der Waals surface area contributed by atoms with Crippen LogP contribution < -0.4 is 25.4 Å². The standard InChI is InChI=1S/C22H29N3O4.ClH/c1-5-23-13-17-8-6-7-9-18(17)25-22(27)16-10-11-19(20(12-16)28-4)29-14-21(26)24-15(2)3;/h6-12,15,23H,5,13-14H2,1-4H3,(H,24,26)(H,25,27);1H. The lowest BCUT2D eigenvalue weighted by atomic mass is 10.1. The molecule has 2 aromatic rings. The molecule has 0 unspecified atom stereocenters. The first-order chi connectivity index (χ1) is 13.9. The van der Waals surface area contributed by atoms with E-state index >= 15 is 0 Å². The van der Waals surface area contributed by atoms with E-state index in [0.29, 0.717) is 23.6 Å². The van der Waals surface area contributed by atoms with Gasteiger partial charge in [-0.15, -0.1) is 12.4 Å². The molecule has 0 aromatic heterocycles. The largest absolute Gasteiger partial charge is 0.493 e. The number of anilines is 1. The van der Waals surface area contributed by atoms with E-state index in [1.165, 1.54) is 7.11 Å². The fourth-order valence-corrected chi connectivity index (χ4v) is 2.69. The monoisotopic (exact) mass is 435 g/mol. The fourth-order valence-electron chi connectivity index (χ4n) is 2.69. The molecule has 0 spiro atoms. The summed E-state index contributed by atoms with van der Waals surface area (Å²) in [6.45, 7) is 7.17. The molecule has 0 heterocycles. The summed E-state index contributed by atoms with van der Waals surface area (Å²) >= 11 is 0. The second-order valence-corrected chi connectivity index (χ2v) is 6.77. The van der Waals surface area contributed by atoms with E-state index in [9.17, 15) is 9.59 Å². The van der Waals surface area contributed by atoms with Crippen LogP contribution in [0.5, 0.6) is 11.5 Å². The summed E-state index contributed by atoms with van der Waals surface area (Å²) < 4.78 is 10.9. The Kier molecular flexibility index (Phi) is 10.7. The number of halogens is 1. The van der Waals surface area contributed by atoms with Crippen LogP contribution in [0.3, 0.4) is 0 Å². The minimum Gasteiger partial charge on any atom is -0.493 e. The maximum absolute atomic E-state index is 12.7. The molecule has 0 saturated carbocycles. The van der Waals surface area contributed by atoms with Crippen LogP contribution in [0.4, 0.5) is 5.69 Å². The molecule has 2 rings (SSSR count). The third kappa shape index (κ3) is 7.57. The molecule has 0 aliphatic heterocycles. The van der Waals surface area contributed by atoms with Gasteiger partial charge in [0.1, 0.15) is 0 Å². The second kappa shape index (κ2) is 12.7. The molecule has 0 fully saturated rings. The van der Waals surface area contributed by atoms with Gasteiger partial charge < -0.3 is 25.4 Å². The molecule has 8 heteroatoms.